The fraction of sp³-hybridized carbons (Fsp3) is 0.118. The first kappa shape index (κ1) is 28.2. The van der Waals surface area contributed by atoms with E-state index in [4.69, 9.17) is 9.47 Å². The van der Waals surface area contributed by atoms with Crippen LogP contribution in [0.2, 0.25) is 0 Å². The van der Waals surface area contributed by atoms with Crippen LogP contribution in [0, 0.1) is 10.5 Å². The molecule has 6 nitrogen and oxygen atoms in total. The smallest absolute Gasteiger partial charge is 0.271 e. The number of benzene rings is 4. The van der Waals surface area contributed by atoms with Gasteiger partial charge in [0.1, 0.15) is 6.61 Å². The molecule has 0 atom stereocenters. The molecule has 5 rings (SSSR count). The van der Waals surface area contributed by atoms with Gasteiger partial charge in [-0.2, -0.15) is 5.10 Å². The van der Waals surface area contributed by atoms with Gasteiger partial charge in [-0.25, -0.2) is 5.43 Å². The summed E-state index contributed by atoms with van der Waals surface area (Å²) in [6.07, 6.45) is 1.60. The molecule has 0 bridgehead atoms. The summed E-state index contributed by atoms with van der Waals surface area (Å²) in [5.74, 6) is 1.03. The van der Waals surface area contributed by atoms with Crippen LogP contribution in [0.1, 0.15) is 34.1 Å². The van der Waals surface area contributed by atoms with E-state index in [1.54, 1.807) is 6.21 Å². The van der Waals surface area contributed by atoms with E-state index in [0.717, 1.165) is 37.3 Å². The number of amides is 1. The first-order valence-electron chi connectivity index (χ1n) is 13.3. The third kappa shape index (κ3) is 6.86. The lowest BCUT2D eigenvalue weighted by molar-refractivity contribution is 0.0955. The van der Waals surface area contributed by atoms with Gasteiger partial charge in [0.15, 0.2) is 11.5 Å². The van der Waals surface area contributed by atoms with Crippen LogP contribution in [-0.2, 0) is 6.61 Å². The number of rotatable bonds is 10. The van der Waals surface area contributed by atoms with Gasteiger partial charge in [-0.15, -0.1) is 0 Å². The van der Waals surface area contributed by atoms with Gasteiger partial charge in [0.2, 0.25) is 0 Å². The van der Waals surface area contributed by atoms with Crippen LogP contribution in [-0.4, -0.2) is 23.3 Å². The Balaban J connectivity index is 1.26. The second-order valence-corrected chi connectivity index (χ2v) is 10.5. The topological polar surface area (TPSA) is 64.8 Å². The Hall–Kier alpha value is -4.37. The van der Waals surface area contributed by atoms with E-state index >= 15 is 0 Å². The highest BCUT2D eigenvalue weighted by Crippen LogP contribution is 2.34. The second-order valence-electron chi connectivity index (χ2n) is 9.34. The van der Waals surface area contributed by atoms with Crippen LogP contribution in [0.5, 0.6) is 11.5 Å². The Morgan fingerprint density at radius 2 is 1.61 bits per heavy atom. The van der Waals surface area contributed by atoms with E-state index in [0.29, 0.717) is 30.3 Å². The number of nitrogens with zero attached hydrogens (tertiary/aromatic N) is 2. The zero-order valence-corrected chi connectivity index (χ0v) is 25.0. The highest BCUT2D eigenvalue weighted by Gasteiger charge is 2.13. The Bertz CT molecular complexity index is 1650. The van der Waals surface area contributed by atoms with Crippen molar-refractivity contribution in [3.05, 3.63) is 135 Å². The maximum Gasteiger partial charge on any atom is 0.271 e. The monoisotopic (exact) mass is 655 g/mol. The van der Waals surface area contributed by atoms with Crippen LogP contribution in [0.25, 0.3) is 16.9 Å². The number of hydrazone groups is 1. The third-order valence-corrected chi connectivity index (χ3v) is 7.27. The summed E-state index contributed by atoms with van der Waals surface area (Å²) in [7, 11) is 0. The summed E-state index contributed by atoms with van der Waals surface area (Å²) in [6, 6.07) is 35.8. The number of aryl methyl sites for hydroxylation is 1. The van der Waals surface area contributed by atoms with Gasteiger partial charge >= 0.3 is 0 Å². The lowest BCUT2D eigenvalue weighted by atomic mass is 10.1. The van der Waals surface area contributed by atoms with Gasteiger partial charge in [-0.1, -0.05) is 60.7 Å². The predicted octanol–water partition coefficient (Wildman–Crippen LogP) is 7.80. The molecule has 0 fully saturated rings. The standard InChI is InChI=1S/C34H30IN3O3/c1-3-40-32-21-26(20-30(35)33(32)41-23-25-10-6-4-7-11-25)22-36-37-34(39)28-15-17-29(18-16-28)38-24(2)14-19-31(38)27-12-8-5-9-13-27/h4-22H,3,23H2,1-2H3,(H,37,39)/b36-22+. The second kappa shape index (κ2) is 13.3. The quantitative estimate of drug-likeness (QED) is 0.0949. The number of ether oxygens (including phenoxy) is 2. The number of hydrogen-bond donors (Lipinski definition) is 1. The Labute approximate surface area is 253 Å². The third-order valence-electron chi connectivity index (χ3n) is 6.47. The van der Waals surface area contributed by atoms with Crippen molar-refractivity contribution in [1.29, 1.82) is 0 Å². The van der Waals surface area contributed by atoms with E-state index in [2.05, 4.69) is 68.9 Å². The van der Waals surface area contributed by atoms with E-state index in [1.165, 1.54) is 0 Å². The molecule has 0 saturated carbocycles. The molecule has 0 aliphatic carbocycles. The molecule has 1 amide bonds. The zero-order valence-electron chi connectivity index (χ0n) is 22.9. The average Bonchev–Trinajstić information content (AvgIpc) is 3.39. The van der Waals surface area contributed by atoms with Crippen molar-refractivity contribution in [1.82, 2.24) is 9.99 Å². The highest BCUT2D eigenvalue weighted by atomic mass is 127. The van der Waals surface area contributed by atoms with Gasteiger partial charge in [0, 0.05) is 16.9 Å². The molecule has 0 saturated heterocycles. The van der Waals surface area contributed by atoms with Gasteiger partial charge in [-0.3, -0.25) is 4.79 Å². The number of carbonyl (C=O) groups is 1. The Kier molecular flexibility index (Phi) is 9.15. The van der Waals surface area contributed by atoms with Crippen molar-refractivity contribution < 1.29 is 14.3 Å². The molecule has 0 aliphatic heterocycles. The molecule has 4 aromatic carbocycles. The molecule has 7 heteroatoms. The maximum atomic E-state index is 12.8. The van der Waals surface area contributed by atoms with Crippen molar-refractivity contribution in [2.45, 2.75) is 20.5 Å². The van der Waals surface area contributed by atoms with E-state index in [1.807, 2.05) is 91.9 Å². The molecule has 41 heavy (non-hydrogen) atoms. The van der Waals surface area contributed by atoms with Crippen molar-refractivity contribution in [3.8, 4) is 28.4 Å². The van der Waals surface area contributed by atoms with E-state index in [9.17, 15) is 4.79 Å². The van der Waals surface area contributed by atoms with Crippen molar-refractivity contribution in [2.24, 2.45) is 5.10 Å². The van der Waals surface area contributed by atoms with Gasteiger partial charge < -0.3 is 14.0 Å². The predicted molar refractivity (Wildman–Crippen MR) is 172 cm³/mol. The maximum absolute atomic E-state index is 12.8. The normalized spacial score (nSPS) is 11.0. The number of halogens is 1. The minimum atomic E-state index is -0.289. The summed E-state index contributed by atoms with van der Waals surface area (Å²) in [6.45, 7) is 4.94. The van der Waals surface area contributed by atoms with Gasteiger partial charge in [0.05, 0.1) is 22.1 Å². The zero-order chi connectivity index (χ0) is 28.6. The first-order chi connectivity index (χ1) is 20.0. The molecule has 1 aromatic heterocycles. The SMILES string of the molecule is CCOc1cc(/C=N/NC(=O)c2ccc(-n3c(C)ccc3-c3ccccc3)cc2)cc(I)c1OCc1ccccc1. The van der Waals surface area contributed by atoms with Crippen LogP contribution < -0.4 is 14.9 Å². The van der Waals surface area contributed by atoms with Crippen molar-refractivity contribution >= 4 is 34.7 Å². The number of hydrogen-bond acceptors (Lipinski definition) is 4. The minimum Gasteiger partial charge on any atom is -0.490 e. The van der Waals surface area contributed by atoms with Gasteiger partial charge in [0.25, 0.3) is 5.91 Å². The molecule has 5 aromatic rings. The largest absolute Gasteiger partial charge is 0.490 e. The lowest BCUT2D eigenvalue weighted by Crippen LogP contribution is -2.17. The molecule has 1 heterocycles. The summed E-state index contributed by atoms with van der Waals surface area (Å²) in [4.78, 5) is 12.8. The fourth-order valence-corrected chi connectivity index (χ4v) is 5.28. The summed E-state index contributed by atoms with van der Waals surface area (Å²) in [5.41, 5.74) is 9.35. The molecule has 0 spiro atoms. The lowest BCUT2D eigenvalue weighted by Gasteiger charge is -2.14. The number of aromatic nitrogens is 1. The minimum absolute atomic E-state index is 0.289. The van der Waals surface area contributed by atoms with E-state index < -0.39 is 0 Å². The molecule has 206 valence electrons. The summed E-state index contributed by atoms with van der Waals surface area (Å²) < 4.78 is 15.0. The Morgan fingerprint density at radius 1 is 0.902 bits per heavy atom. The number of nitrogens with one attached hydrogen (secondary N) is 1. The molecule has 0 unspecified atom stereocenters. The molecular formula is C34H30IN3O3. The molecule has 0 radical (unpaired) electrons. The molecule has 1 N–H and O–H groups in total. The van der Waals surface area contributed by atoms with Crippen molar-refractivity contribution in [3.63, 3.8) is 0 Å². The van der Waals surface area contributed by atoms with Crippen LogP contribution in [0.4, 0.5) is 0 Å². The van der Waals surface area contributed by atoms with Crippen molar-refractivity contribution in [2.75, 3.05) is 6.61 Å². The summed E-state index contributed by atoms with van der Waals surface area (Å²) >= 11 is 2.23. The van der Waals surface area contributed by atoms with Crippen LogP contribution in [0.15, 0.2) is 114 Å². The highest BCUT2D eigenvalue weighted by molar-refractivity contribution is 14.1. The molecule has 0 aliphatic rings. The summed E-state index contributed by atoms with van der Waals surface area (Å²) in [5, 5.41) is 4.19. The molecular weight excluding hydrogens is 625 g/mol. The van der Waals surface area contributed by atoms with Crippen LogP contribution >= 0.6 is 22.6 Å². The van der Waals surface area contributed by atoms with Crippen LogP contribution in [0.3, 0.4) is 0 Å². The fourth-order valence-electron chi connectivity index (χ4n) is 4.50. The Morgan fingerprint density at radius 3 is 2.32 bits per heavy atom. The van der Waals surface area contributed by atoms with E-state index in [-0.39, 0.29) is 5.91 Å². The average molecular weight is 656 g/mol. The first-order valence-corrected chi connectivity index (χ1v) is 14.4. The number of carbonyl (C=O) groups excluding carboxylic acids is 1. The van der Waals surface area contributed by atoms with Gasteiger partial charge in [-0.05, 0) is 102 Å².